The minimum atomic E-state index is -0.297. The van der Waals surface area contributed by atoms with Gasteiger partial charge in [-0.25, -0.2) is 0 Å². The Morgan fingerprint density at radius 2 is 1.76 bits per heavy atom. The first-order chi connectivity index (χ1) is 14.0. The number of likely N-dealkylation sites (tertiary alicyclic amines) is 1. The second-order valence-corrected chi connectivity index (χ2v) is 7.40. The van der Waals surface area contributed by atoms with Crippen molar-refractivity contribution >= 4 is 29.1 Å². The number of amides is 3. The maximum Gasteiger partial charge on any atom is 0.257 e. The second kappa shape index (κ2) is 9.87. The number of rotatable bonds is 5. The van der Waals surface area contributed by atoms with Gasteiger partial charge in [0.05, 0.1) is 17.8 Å². The summed E-state index contributed by atoms with van der Waals surface area (Å²) >= 11 is 0. The summed E-state index contributed by atoms with van der Waals surface area (Å²) in [6, 6.07) is 14.4. The summed E-state index contributed by atoms with van der Waals surface area (Å²) in [5.74, 6) is -0.575. The van der Waals surface area contributed by atoms with E-state index in [4.69, 9.17) is 0 Å². The molecule has 0 saturated carbocycles. The lowest BCUT2D eigenvalue weighted by molar-refractivity contribution is -0.135. The Hall–Kier alpha value is -3.15. The number of nitrogens with zero attached hydrogens (tertiary/aromatic N) is 1. The molecule has 3 rings (SSSR count). The first kappa shape index (κ1) is 20.6. The van der Waals surface area contributed by atoms with E-state index in [2.05, 4.69) is 10.6 Å². The van der Waals surface area contributed by atoms with Crippen LogP contribution in [0.4, 0.5) is 11.4 Å². The third-order valence-electron chi connectivity index (χ3n) is 4.98. The average molecular weight is 393 g/mol. The molecule has 6 nitrogen and oxygen atoms in total. The fraction of sp³-hybridized carbons (Fsp3) is 0.348. The predicted octanol–water partition coefficient (Wildman–Crippen LogP) is 3.98. The van der Waals surface area contributed by atoms with Gasteiger partial charge in [0.15, 0.2) is 0 Å². The zero-order valence-corrected chi connectivity index (χ0v) is 16.7. The van der Waals surface area contributed by atoms with Gasteiger partial charge in [-0.1, -0.05) is 37.1 Å². The van der Waals surface area contributed by atoms with Crippen LogP contribution in [0.2, 0.25) is 0 Å². The van der Waals surface area contributed by atoms with Crippen molar-refractivity contribution in [2.24, 2.45) is 0 Å². The molecule has 1 aliphatic rings. The number of aryl methyl sites for hydroxylation is 1. The Kier molecular flexibility index (Phi) is 7.00. The molecule has 0 bridgehead atoms. The molecule has 0 aliphatic carbocycles. The summed E-state index contributed by atoms with van der Waals surface area (Å²) < 4.78 is 0. The molecule has 0 unspecified atom stereocenters. The topological polar surface area (TPSA) is 78.5 Å². The quantitative estimate of drug-likeness (QED) is 0.807. The maximum absolute atomic E-state index is 12.7. The lowest BCUT2D eigenvalue weighted by Gasteiger charge is -2.24. The summed E-state index contributed by atoms with van der Waals surface area (Å²) in [6.45, 7) is 2.56. The highest BCUT2D eigenvalue weighted by Crippen LogP contribution is 2.19. The SMILES string of the molecule is Cc1cccc(NC(=O)c2ccccc2NC(=O)CN2CCCCCCC2=O)c1. The number of carbonyl (C=O) groups excluding carboxylic acids is 3. The van der Waals surface area contributed by atoms with Gasteiger partial charge in [-0.15, -0.1) is 0 Å². The first-order valence-electron chi connectivity index (χ1n) is 10.1. The van der Waals surface area contributed by atoms with Gasteiger partial charge >= 0.3 is 0 Å². The number of hydrogen-bond donors (Lipinski definition) is 2. The Bertz CT molecular complexity index is 894. The number of anilines is 2. The molecule has 6 heteroatoms. The highest BCUT2D eigenvalue weighted by molar-refractivity contribution is 6.10. The van der Waals surface area contributed by atoms with Crippen LogP contribution >= 0.6 is 0 Å². The smallest absolute Gasteiger partial charge is 0.257 e. The predicted molar refractivity (Wildman–Crippen MR) is 114 cm³/mol. The molecular formula is C23H27N3O3. The van der Waals surface area contributed by atoms with Crippen LogP contribution in [0.15, 0.2) is 48.5 Å². The number of hydrogen-bond acceptors (Lipinski definition) is 3. The van der Waals surface area contributed by atoms with Crippen molar-refractivity contribution < 1.29 is 14.4 Å². The highest BCUT2D eigenvalue weighted by atomic mass is 16.2. The molecule has 1 saturated heterocycles. The van der Waals surface area contributed by atoms with Crippen molar-refractivity contribution in [1.82, 2.24) is 4.90 Å². The summed E-state index contributed by atoms with van der Waals surface area (Å²) in [5.41, 5.74) is 2.55. The molecule has 0 radical (unpaired) electrons. The molecule has 1 fully saturated rings. The van der Waals surface area contributed by atoms with E-state index in [1.807, 2.05) is 31.2 Å². The molecular weight excluding hydrogens is 366 g/mol. The lowest BCUT2D eigenvalue weighted by Crippen LogP contribution is -2.39. The third kappa shape index (κ3) is 5.91. The summed E-state index contributed by atoms with van der Waals surface area (Å²) in [5, 5.41) is 5.66. The Morgan fingerprint density at radius 3 is 2.59 bits per heavy atom. The Balaban J connectivity index is 1.67. The van der Waals surface area contributed by atoms with Crippen molar-refractivity contribution in [2.75, 3.05) is 23.7 Å². The lowest BCUT2D eigenvalue weighted by atomic mass is 10.1. The first-order valence-corrected chi connectivity index (χ1v) is 10.1. The zero-order chi connectivity index (χ0) is 20.6. The van der Waals surface area contributed by atoms with Crippen molar-refractivity contribution in [3.8, 4) is 0 Å². The second-order valence-electron chi connectivity index (χ2n) is 7.40. The number of para-hydroxylation sites is 1. The molecule has 0 aromatic heterocycles. The molecule has 152 valence electrons. The molecule has 0 spiro atoms. The highest BCUT2D eigenvalue weighted by Gasteiger charge is 2.20. The van der Waals surface area contributed by atoms with E-state index in [0.717, 1.165) is 31.2 Å². The van der Waals surface area contributed by atoms with E-state index in [1.165, 1.54) is 0 Å². The number of nitrogens with one attached hydrogen (secondary N) is 2. The largest absolute Gasteiger partial charge is 0.333 e. The van der Waals surface area contributed by atoms with Crippen LogP contribution in [0.1, 0.15) is 48.0 Å². The maximum atomic E-state index is 12.7. The molecule has 2 N–H and O–H groups in total. The Labute approximate surface area is 171 Å². The molecule has 1 heterocycles. The van der Waals surface area contributed by atoms with Crippen molar-refractivity contribution in [1.29, 1.82) is 0 Å². The average Bonchev–Trinajstić information content (AvgIpc) is 2.68. The number of benzene rings is 2. The van der Waals surface area contributed by atoms with Crippen molar-refractivity contribution in [2.45, 2.75) is 39.0 Å². The van der Waals surface area contributed by atoms with Crippen LogP contribution in [0.3, 0.4) is 0 Å². The zero-order valence-electron chi connectivity index (χ0n) is 16.7. The number of carbonyl (C=O) groups is 3. The van der Waals surface area contributed by atoms with Crippen LogP contribution in [0, 0.1) is 6.92 Å². The fourth-order valence-electron chi connectivity index (χ4n) is 3.46. The van der Waals surface area contributed by atoms with E-state index < -0.39 is 0 Å². The van der Waals surface area contributed by atoms with Gasteiger partial charge in [0, 0.05) is 18.7 Å². The third-order valence-corrected chi connectivity index (χ3v) is 4.98. The van der Waals surface area contributed by atoms with Gasteiger partial charge in [0.2, 0.25) is 11.8 Å². The molecule has 2 aromatic rings. The van der Waals surface area contributed by atoms with E-state index in [0.29, 0.717) is 29.9 Å². The monoisotopic (exact) mass is 393 g/mol. The minimum Gasteiger partial charge on any atom is -0.333 e. The van der Waals surface area contributed by atoms with E-state index in [-0.39, 0.29) is 24.3 Å². The van der Waals surface area contributed by atoms with Gasteiger partial charge in [0.25, 0.3) is 5.91 Å². The van der Waals surface area contributed by atoms with Gasteiger partial charge in [-0.3, -0.25) is 14.4 Å². The molecule has 29 heavy (non-hydrogen) atoms. The molecule has 2 aromatic carbocycles. The fourth-order valence-corrected chi connectivity index (χ4v) is 3.46. The van der Waals surface area contributed by atoms with E-state index in [9.17, 15) is 14.4 Å². The van der Waals surface area contributed by atoms with Gasteiger partial charge in [-0.05, 0) is 49.6 Å². The standard InChI is InChI=1S/C23H27N3O3/c1-17-9-8-10-18(15-17)24-23(29)19-11-5-6-12-20(19)25-21(27)16-26-14-7-3-2-4-13-22(26)28/h5-6,8-12,15H,2-4,7,13-14,16H2,1H3,(H,24,29)(H,25,27). The van der Waals surface area contributed by atoms with E-state index >= 15 is 0 Å². The van der Waals surface area contributed by atoms with Crippen molar-refractivity contribution in [3.63, 3.8) is 0 Å². The molecule has 3 amide bonds. The summed E-state index contributed by atoms with van der Waals surface area (Å²) in [6.07, 6.45) is 4.42. The van der Waals surface area contributed by atoms with Crippen LogP contribution < -0.4 is 10.6 Å². The van der Waals surface area contributed by atoms with Crippen LogP contribution in [-0.2, 0) is 9.59 Å². The molecule has 1 aliphatic heterocycles. The normalized spacial score (nSPS) is 14.7. The minimum absolute atomic E-state index is 0.00661. The van der Waals surface area contributed by atoms with Crippen LogP contribution in [-0.4, -0.2) is 35.7 Å². The van der Waals surface area contributed by atoms with E-state index in [1.54, 1.807) is 29.2 Å². The van der Waals surface area contributed by atoms with Gasteiger partial charge in [-0.2, -0.15) is 0 Å². The summed E-state index contributed by atoms with van der Waals surface area (Å²) in [7, 11) is 0. The van der Waals surface area contributed by atoms with Crippen molar-refractivity contribution in [3.05, 3.63) is 59.7 Å². The summed E-state index contributed by atoms with van der Waals surface area (Å²) in [4.78, 5) is 39.1. The Morgan fingerprint density at radius 1 is 0.966 bits per heavy atom. The van der Waals surface area contributed by atoms with Gasteiger partial charge < -0.3 is 15.5 Å². The molecule has 0 atom stereocenters. The van der Waals surface area contributed by atoms with Crippen LogP contribution in [0.5, 0.6) is 0 Å². The van der Waals surface area contributed by atoms with Gasteiger partial charge in [0.1, 0.15) is 0 Å². The van der Waals surface area contributed by atoms with Crippen LogP contribution in [0.25, 0.3) is 0 Å².